The summed E-state index contributed by atoms with van der Waals surface area (Å²) in [6.45, 7) is 8.03. The van der Waals surface area contributed by atoms with Gasteiger partial charge in [-0.05, 0) is 87.3 Å². The van der Waals surface area contributed by atoms with Crippen LogP contribution in [-0.2, 0) is 4.74 Å². The minimum Gasteiger partial charge on any atom is -0.376 e. The quantitative estimate of drug-likeness (QED) is 0.587. The Morgan fingerprint density at radius 2 is 2.00 bits per heavy atom. The zero-order valence-corrected chi connectivity index (χ0v) is 19.6. The Balaban J connectivity index is 1.59. The highest BCUT2D eigenvalue weighted by molar-refractivity contribution is 7.80. The molecule has 0 radical (unpaired) electrons. The predicted molar refractivity (Wildman–Crippen MR) is 129 cm³/mol. The van der Waals surface area contributed by atoms with Gasteiger partial charge in [-0.15, -0.1) is 0 Å². The molecule has 5 rings (SSSR count). The Hall–Kier alpha value is -2.77. The number of aromatic nitrogens is 3. The second-order valence-corrected chi connectivity index (χ2v) is 9.15. The van der Waals surface area contributed by atoms with E-state index in [0.29, 0.717) is 0 Å². The summed E-state index contributed by atoms with van der Waals surface area (Å²) in [6, 6.07) is 12.5. The van der Waals surface area contributed by atoms with E-state index in [4.69, 9.17) is 17.0 Å². The van der Waals surface area contributed by atoms with Crippen molar-refractivity contribution in [3.8, 4) is 5.82 Å². The number of nitrogens with one attached hydrogen (secondary N) is 1. The van der Waals surface area contributed by atoms with E-state index in [2.05, 4.69) is 63.7 Å². The predicted octanol–water partition coefficient (Wildman–Crippen LogP) is 4.34. The van der Waals surface area contributed by atoms with Crippen molar-refractivity contribution in [3.63, 3.8) is 0 Å². The normalized spacial score (nSPS) is 23.0. The Bertz CT molecular complexity index is 1120. The number of hydrogen-bond acceptors (Lipinski definition) is 4. The number of pyridine rings is 2. The van der Waals surface area contributed by atoms with E-state index < -0.39 is 0 Å². The SMILES string of the molecule is Cc1ccnc(-n2c(C)cc([C@H]3[C@@H](c4ccccn4)NC(=S)N3C[C@@H]3CCCO3)c2C)c1. The van der Waals surface area contributed by atoms with Crippen LogP contribution in [0.5, 0.6) is 0 Å². The van der Waals surface area contributed by atoms with Crippen LogP contribution in [0.1, 0.15) is 53.1 Å². The van der Waals surface area contributed by atoms with Gasteiger partial charge in [-0.3, -0.25) is 4.98 Å². The second kappa shape index (κ2) is 8.64. The van der Waals surface area contributed by atoms with Gasteiger partial charge in [0.05, 0.1) is 23.9 Å². The molecule has 5 heterocycles. The van der Waals surface area contributed by atoms with E-state index in [1.807, 2.05) is 30.6 Å². The van der Waals surface area contributed by atoms with Gasteiger partial charge in [-0.1, -0.05) is 6.07 Å². The van der Waals surface area contributed by atoms with Gasteiger partial charge < -0.3 is 19.5 Å². The standard InChI is InChI=1S/C25H29N5OS/c1-16-9-11-27-22(13-16)30-17(2)14-20(18(30)3)24-23(21-8-4-5-10-26-21)28-25(32)29(24)15-19-7-6-12-31-19/h4-5,8-11,13-14,19,23-24H,6-7,12,15H2,1-3H3,(H,28,32)/t19-,23+,24-/m0/s1. The molecule has 3 aromatic rings. The van der Waals surface area contributed by atoms with Gasteiger partial charge in [-0.2, -0.15) is 0 Å². The number of ether oxygens (including phenoxy) is 1. The van der Waals surface area contributed by atoms with Crippen LogP contribution < -0.4 is 5.32 Å². The van der Waals surface area contributed by atoms with Crippen molar-refractivity contribution in [3.05, 3.63) is 77.0 Å². The van der Waals surface area contributed by atoms with Crippen LogP contribution >= 0.6 is 12.2 Å². The molecular weight excluding hydrogens is 418 g/mol. The van der Waals surface area contributed by atoms with Crippen molar-refractivity contribution in [2.45, 2.75) is 51.8 Å². The molecule has 2 aliphatic rings. The van der Waals surface area contributed by atoms with E-state index in [1.54, 1.807) is 0 Å². The first-order valence-corrected chi connectivity index (χ1v) is 11.7. The summed E-state index contributed by atoms with van der Waals surface area (Å²) in [7, 11) is 0. The molecule has 3 aromatic heterocycles. The number of rotatable bonds is 5. The van der Waals surface area contributed by atoms with Gasteiger partial charge in [0.15, 0.2) is 5.11 Å². The lowest BCUT2D eigenvalue weighted by Crippen LogP contribution is -2.36. The summed E-state index contributed by atoms with van der Waals surface area (Å²) in [6.07, 6.45) is 6.12. The Kier molecular flexibility index (Phi) is 5.69. The van der Waals surface area contributed by atoms with Crippen molar-refractivity contribution in [2.75, 3.05) is 13.2 Å². The monoisotopic (exact) mass is 447 g/mol. The van der Waals surface area contributed by atoms with Crippen LogP contribution in [0.4, 0.5) is 0 Å². The van der Waals surface area contributed by atoms with E-state index in [9.17, 15) is 0 Å². The van der Waals surface area contributed by atoms with Crippen LogP contribution in [0.15, 0.2) is 48.8 Å². The number of aryl methyl sites for hydroxylation is 2. The van der Waals surface area contributed by atoms with Gasteiger partial charge in [0, 0.05) is 36.9 Å². The maximum Gasteiger partial charge on any atom is 0.170 e. The molecule has 0 saturated carbocycles. The third-order valence-electron chi connectivity index (χ3n) is 6.54. The molecule has 0 unspecified atom stereocenters. The molecule has 32 heavy (non-hydrogen) atoms. The largest absolute Gasteiger partial charge is 0.376 e. The summed E-state index contributed by atoms with van der Waals surface area (Å²) < 4.78 is 8.21. The Morgan fingerprint density at radius 1 is 1.12 bits per heavy atom. The van der Waals surface area contributed by atoms with E-state index >= 15 is 0 Å². The van der Waals surface area contributed by atoms with E-state index in [1.165, 1.54) is 16.8 Å². The number of thiocarbonyl (C=S) groups is 1. The van der Waals surface area contributed by atoms with Gasteiger partial charge >= 0.3 is 0 Å². The van der Waals surface area contributed by atoms with Crippen molar-refractivity contribution >= 4 is 17.3 Å². The van der Waals surface area contributed by atoms with Crippen LogP contribution in [0, 0.1) is 20.8 Å². The lowest BCUT2D eigenvalue weighted by molar-refractivity contribution is 0.0842. The molecule has 0 aliphatic carbocycles. The summed E-state index contributed by atoms with van der Waals surface area (Å²) in [5.41, 5.74) is 5.76. The van der Waals surface area contributed by atoms with E-state index in [0.717, 1.165) is 48.3 Å². The average molecular weight is 448 g/mol. The molecular formula is C25H29N5OS. The summed E-state index contributed by atoms with van der Waals surface area (Å²) in [4.78, 5) is 11.6. The molecule has 3 atom stereocenters. The van der Waals surface area contributed by atoms with Gasteiger partial charge in [0.2, 0.25) is 0 Å². The van der Waals surface area contributed by atoms with Crippen molar-refractivity contribution in [1.29, 1.82) is 0 Å². The first-order valence-electron chi connectivity index (χ1n) is 11.2. The van der Waals surface area contributed by atoms with Gasteiger partial charge in [0.25, 0.3) is 0 Å². The van der Waals surface area contributed by atoms with Crippen LogP contribution in [0.25, 0.3) is 5.82 Å². The van der Waals surface area contributed by atoms with Gasteiger partial charge in [0.1, 0.15) is 5.82 Å². The third-order valence-corrected chi connectivity index (χ3v) is 6.89. The molecule has 2 saturated heterocycles. The van der Waals surface area contributed by atoms with Gasteiger partial charge in [-0.25, -0.2) is 4.98 Å². The van der Waals surface area contributed by atoms with Crippen molar-refractivity contribution in [1.82, 2.24) is 24.8 Å². The fraction of sp³-hybridized carbons (Fsp3) is 0.400. The highest BCUT2D eigenvalue weighted by Crippen LogP contribution is 2.41. The third kappa shape index (κ3) is 3.80. The van der Waals surface area contributed by atoms with Crippen molar-refractivity contribution in [2.24, 2.45) is 0 Å². The molecule has 0 spiro atoms. The lowest BCUT2D eigenvalue weighted by atomic mass is 9.96. The zero-order valence-electron chi connectivity index (χ0n) is 18.8. The molecule has 6 nitrogen and oxygen atoms in total. The van der Waals surface area contributed by atoms with Crippen molar-refractivity contribution < 1.29 is 4.74 Å². The topological polar surface area (TPSA) is 55.2 Å². The number of hydrogen-bond donors (Lipinski definition) is 1. The highest BCUT2D eigenvalue weighted by Gasteiger charge is 2.42. The van der Waals surface area contributed by atoms with Crippen LogP contribution in [0.2, 0.25) is 0 Å². The average Bonchev–Trinajstić information content (AvgIpc) is 3.48. The molecule has 0 aromatic carbocycles. The Labute approximate surface area is 194 Å². The smallest absolute Gasteiger partial charge is 0.170 e. The molecule has 0 bridgehead atoms. The Morgan fingerprint density at radius 3 is 2.72 bits per heavy atom. The fourth-order valence-corrected chi connectivity index (χ4v) is 5.35. The zero-order chi connectivity index (χ0) is 22.2. The summed E-state index contributed by atoms with van der Waals surface area (Å²) >= 11 is 5.84. The first kappa shape index (κ1) is 21.1. The first-order chi connectivity index (χ1) is 15.5. The summed E-state index contributed by atoms with van der Waals surface area (Å²) in [5, 5.41) is 4.33. The molecule has 2 fully saturated rings. The molecule has 166 valence electrons. The molecule has 0 amide bonds. The lowest BCUT2D eigenvalue weighted by Gasteiger charge is -2.30. The van der Waals surface area contributed by atoms with Crippen LogP contribution in [-0.4, -0.2) is 43.8 Å². The van der Waals surface area contributed by atoms with Crippen LogP contribution in [0.3, 0.4) is 0 Å². The molecule has 1 N–H and O–H groups in total. The fourth-order valence-electron chi connectivity index (χ4n) is 5.03. The summed E-state index contributed by atoms with van der Waals surface area (Å²) in [5.74, 6) is 0.944. The molecule has 2 aliphatic heterocycles. The van der Waals surface area contributed by atoms with E-state index in [-0.39, 0.29) is 18.2 Å². The second-order valence-electron chi connectivity index (χ2n) is 8.77. The maximum absolute atomic E-state index is 5.97. The highest BCUT2D eigenvalue weighted by atomic mass is 32.1. The maximum atomic E-state index is 5.97. The minimum atomic E-state index is -0.0236. The minimum absolute atomic E-state index is 0.0236. The molecule has 7 heteroatoms. The number of nitrogens with zero attached hydrogens (tertiary/aromatic N) is 4.